The Morgan fingerprint density at radius 3 is 2.57 bits per heavy atom. The van der Waals surface area contributed by atoms with E-state index in [4.69, 9.17) is 5.11 Å². The highest BCUT2D eigenvalue weighted by atomic mass is 19.4. The van der Waals surface area contributed by atoms with Crippen molar-refractivity contribution in [1.29, 1.82) is 0 Å². The zero-order valence-corrected chi connectivity index (χ0v) is 11.4. The molecule has 1 aliphatic rings. The first-order chi connectivity index (χ1) is 9.88. The molecule has 4 nitrogen and oxygen atoms in total. The van der Waals surface area contributed by atoms with Gasteiger partial charge in [-0.3, -0.25) is 0 Å². The van der Waals surface area contributed by atoms with Crippen LogP contribution in [-0.2, 0) is 6.18 Å². The van der Waals surface area contributed by atoms with Crippen molar-refractivity contribution < 1.29 is 23.1 Å². The Balaban J connectivity index is 2.08. The maximum atomic E-state index is 12.6. The van der Waals surface area contributed by atoms with Crippen LogP contribution < -0.4 is 5.32 Å². The molecule has 1 fully saturated rings. The van der Waals surface area contributed by atoms with Crippen LogP contribution in [0.25, 0.3) is 0 Å². The highest BCUT2D eigenvalue weighted by Gasteiger charge is 2.33. The zero-order valence-electron chi connectivity index (χ0n) is 11.4. The van der Waals surface area contributed by atoms with Crippen molar-refractivity contribution in [2.24, 2.45) is 5.92 Å². The third-order valence-corrected chi connectivity index (χ3v) is 3.74. The first-order valence-corrected chi connectivity index (χ1v) is 6.93. The van der Waals surface area contributed by atoms with E-state index in [1.54, 1.807) is 0 Å². The van der Waals surface area contributed by atoms with Crippen LogP contribution in [0.4, 0.5) is 19.0 Å². The smallest absolute Gasteiger partial charge is 0.433 e. The normalized spacial score (nSPS) is 16.1. The number of rotatable bonds is 5. The lowest BCUT2D eigenvalue weighted by Crippen LogP contribution is -2.15. The van der Waals surface area contributed by atoms with E-state index in [0.717, 1.165) is 25.3 Å². The van der Waals surface area contributed by atoms with Crippen LogP contribution in [0.15, 0.2) is 12.1 Å². The van der Waals surface area contributed by atoms with Gasteiger partial charge in [0.2, 0.25) is 0 Å². The number of carbonyl (C=O) groups is 1. The van der Waals surface area contributed by atoms with Gasteiger partial charge in [-0.1, -0.05) is 25.7 Å². The van der Waals surface area contributed by atoms with Gasteiger partial charge in [-0.25, -0.2) is 9.78 Å². The summed E-state index contributed by atoms with van der Waals surface area (Å²) in [5, 5.41) is 11.8. The minimum atomic E-state index is -4.58. The number of aromatic carboxylic acids is 1. The second-order valence-electron chi connectivity index (χ2n) is 5.26. The van der Waals surface area contributed by atoms with E-state index in [1.807, 2.05) is 0 Å². The topological polar surface area (TPSA) is 62.2 Å². The molecule has 0 spiro atoms. The average Bonchev–Trinajstić information content (AvgIpc) is 2.90. The summed E-state index contributed by atoms with van der Waals surface area (Å²) in [7, 11) is 0. The summed E-state index contributed by atoms with van der Waals surface area (Å²) in [5.41, 5.74) is -1.33. The number of halogens is 3. The molecule has 2 N–H and O–H groups in total. The monoisotopic (exact) mass is 302 g/mol. The summed E-state index contributed by atoms with van der Waals surface area (Å²) in [4.78, 5) is 14.5. The molecule has 0 radical (unpaired) electrons. The summed E-state index contributed by atoms with van der Waals surface area (Å²) in [6, 6.07) is 1.63. The molecule has 0 amide bonds. The maximum absolute atomic E-state index is 12.6. The van der Waals surface area contributed by atoms with Gasteiger partial charge in [0.25, 0.3) is 0 Å². The molecule has 0 bridgehead atoms. The highest BCUT2D eigenvalue weighted by Crippen LogP contribution is 2.30. The zero-order chi connectivity index (χ0) is 15.5. The Kier molecular flexibility index (Phi) is 4.69. The molecule has 1 saturated carbocycles. The summed E-state index contributed by atoms with van der Waals surface area (Å²) in [6.07, 6.45) is 0.864. The quantitative estimate of drug-likeness (QED) is 0.868. The molecule has 116 valence electrons. The van der Waals surface area contributed by atoms with E-state index in [2.05, 4.69) is 10.3 Å². The third kappa shape index (κ3) is 4.09. The molecule has 1 heterocycles. The van der Waals surface area contributed by atoms with Crippen LogP contribution in [0.3, 0.4) is 0 Å². The molecule has 0 unspecified atom stereocenters. The summed E-state index contributed by atoms with van der Waals surface area (Å²) < 4.78 is 37.9. The van der Waals surface area contributed by atoms with Gasteiger partial charge < -0.3 is 10.4 Å². The van der Waals surface area contributed by atoms with Gasteiger partial charge in [0.05, 0.1) is 0 Å². The van der Waals surface area contributed by atoms with E-state index >= 15 is 0 Å². The third-order valence-electron chi connectivity index (χ3n) is 3.74. The number of pyridine rings is 1. The molecule has 7 heteroatoms. The molecule has 1 aromatic heterocycles. The molecule has 0 atom stereocenters. The first-order valence-electron chi connectivity index (χ1n) is 6.93. The lowest BCUT2D eigenvalue weighted by atomic mass is 10.0. The minimum Gasteiger partial charge on any atom is -0.478 e. The molecule has 2 rings (SSSR count). The van der Waals surface area contributed by atoms with Gasteiger partial charge in [0, 0.05) is 6.54 Å². The fraction of sp³-hybridized carbons (Fsp3) is 0.571. The van der Waals surface area contributed by atoms with Gasteiger partial charge >= 0.3 is 12.1 Å². The van der Waals surface area contributed by atoms with Crippen LogP contribution in [0.1, 0.15) is 48.2 Å². The largest absolute Gasteiger partial charge is 0.478 e. The van der Waals surface area contributed by atoms with Crippen molar-refractivity contribution in [1.82, 2.24) is 4.98 Å². The van der Waals surface area contributed by atoms with E-state index in [1.165, 1.54) is 12.8 Å². The number of aromatic nitrogens is 1. The summed E-state index contributed by atoms with van der Waals surface area (Å²) in [5.74, 6) is -0.938. The number of nitrogens with zero attached hydrogens (tertiary/aromatic N) is 1. The Labute approximate surface area is 120 Å². The van der Waals surface area contributed by atoms with Crippen molar-refractivity contribution in [3.8, 4) is 0 Å². The van der Waals surface area contributed by atoms with E-state index in [0.29, 0.717) is 18.5 Å². The fourth-order valence-corrected chi connectivity index (χ4v) is 2.62. The molecule has 1 aromatic rings. The highest BCUT2D eigenvalue weighted by molar-refractivity contribution is 5.93. The predicted molar refractivity (Wildman–Crippen MR) is 71.3 cm³/mol. The second-order valence-corrected chi connectivity index (χ2v) is 5.26. The molecular formula is C14H17F3N2O2. The minimum absolute atomic E-state index is 0.213. The Morgan fingerprint density at radius 2 is 2.00 bits per heavy atom. The molecule has 21 heavy (non-hydrogen) atoms. The fourth-order valence-electron chi connectivity index (χ4n) is 2.62. The molecule has 0 saturated heterocycles. The predicted octanol–water partition coefficient (Wildman–Crippen LogP) is 3.79. The summed E-state index contributed by atoms with van der Waals surface area (Å²) in [6.45, 7) is 0.430. The van der Waals surface area contributed by atoms with Crippen LogP contribution in [0, 0.1) is 5.92 Å². The first kappa shape index (κ1) is 15.6. The summed E-state index contributed by atoms with van der Waals surface area (Å²) >= 11 is 0. The van der Waals surface area contributed by atoms with Gasteiger partial charge in [-0.2, -0.15) is 13.2 Å². The number of carboxylic acids is 1. The Hall–Kier alpha value is -1.79. The van der Waals surface area contributed by atoms with Gasteiger partial charge in [-0.05, 0) is 24.5 Å². The van der Waals surface area contributed by atoms with Crippen molar-refractivity contribution in [3.05, 3.63) is 23.4 Å². The SMILES string of the molecule is O=C(O)c1ccc(C(F)(F)F)nc1NCCC1CCCC1. The Bertz CT molecular complexity index is 511. The van der Waals surface area contributed by atoms with Crippen molar-refractivity contribution in [2.75, 3.05) is 11.9 Å². The lowest BCUT2D eigenvalue weighted by molar-refractivity contribution is -0.141. The van der Waals surface area contributed by atoms with E-state index in [-0.39, 0.29) is 11.4 Å². The van der Waals surface area contributed by atoms with Gasteiger partial charge in [0.15, 0.2) is 0 Å². The van der Waals surface area contributed by atoms with Crippen LogP contribution >= 0.6 is 0 Å². The van der Waals surface area contributed by atoms with E-state index < -0.39 is 17.8 Å². The molecule has 1 aliphatic carbocycles. The van der Waals surface area contributed by atoms with Crippen LogP contribution in [0.2, 0.25) is 0 Å². The number of nitrogens with one attached hydrogen (secondary N) is 1. The van der Waals surface area contributed by atoms with Crippen molar-refractivity contribution >= 4 is 11.8 Å². The standard InChI is InChI=1S/C14H17F3N2O2/c15-14(16,17)11-6-5-10(13(20)21)12(19-11)18-8-7-9-3-1-2-4-9/h5-6,9H,1-4,7-8H2,(H,18,19)(H,20,21). The number of carboxylic acid groups (broad SMARTS) is 1. The number of hydrogen-bond acceptors (Lipinski definition) is 3. The molecule has 0 aromatic carbocycles. The average molecular weight is 302 g/mol. The molecular weight excluding hydrogens is 285 g/mol. The second kappa shape index (κ2) is 6.32. The van der Waals surface area contributed by atoms with E-state index in [9.17, 15) is 18.0 Å². The Morgan fingerprint density at radius 1 is 1.33 bits per heavy atom. The number of hydrogen-bond donors (Lipinski definition) is 2. The van der Waals surface area contributed by atoms with Crippen LogP contribution in [-0.4, -0.2) is 22.6 Å². The maximum Gasteiger partial charge on any atom is 0.433 e. The van der Waals surface area contributed by atoms with Gasteiger partial charge in [0.1, 0.15) is 17.1 Å². The van der Waals surface area contributed by atoms with Crippen LogP contribution in [0.5, 0.6) is 0 Å². The van der Waals surface area contributed by atoms with Gasteiger partial charge in [-0.15, -0.1) is 0 Å². The lowest BCUT2D eigenvalue weighted by Gasteiger charge is -2.14. The van der Waals surface area contributed by atoms with Crippen molar-refractivity contribution in [2.45, 2.75) is 38.3 Å². The van der Waals surface area contributed by atoms with Crippen molar-refractivity contribution in [3.63, 3.8) is 0 Å². The number of alkyl halides is 3. The molecule has 0 aliphatic heterocycles. The number of anilines is 1.